The molecule has 7 heteroatoms. The first-order valence-electron chi connectivity index (χ1n) is 10.3. The van der Waals surface area contributed by atoms with Crippen LogP contribution in [-0.4, -0.2) is 52.6 Å². The number of amides is 3. The van der Waals surface area contributed by atoms with E-state index in [0.717, 1.165) is 11.1 Å². The summed E-state index contributed by atoms with van der Waals surface area (Å²) in [6.45, 7) is 1.17. The first-order valence-corrected chi connectivity index (χ1v) is 10.3. The molecule has 3 heterocycles. The van der Waals surface area contributed by atoms with Gasteiger partial charge in [0.15, 0.2) is 5.60 Å². The highest BCUT2D eigenvalue weighted by Crippen LogP contribution is 2.45. The molecule has 0 radical (unpaired) electrons. The van der Waals surface area contributed by atoms with Crippen molar-refractivity contribution in [2.24, 2.45) is 0 Å². The van der Waals surface area contributed by atoms with Gasteiger partial charge in [-0.3, -0.25) is 10.2 Å². The number of aromatic nitrogens is 1. The maximum atomic E-state index is 13.0. The van der Waals surface area contributed by atoms with E-state index in [1.54, 1.807) is 28.1 Å². The Kier molecular flexibility index (Phi) is 4.78. The lowest BCUT2D eigenvalue weighted by Crippen LogP contribution is -2.59. The number of rotatable bonds is 3. The zero-order chi connectivity index (χ0) is 21.3. The first-order chi connectivity index (χ1) is 15.2. The second-order valence-corrected chi connectivity index (χ2v) is 7.64. The number of nitrogens with zero attached hydrogens (tertiary/aromatic N) is 3. The highest BCUT2D eigenvalue weighted by atomic mass is 16.6. The molecule has 1 aromatic heterocycles. The smallest absolute Gasteiger partial charge is 0.411 e. The molecule has 2 aromatic carbocycles. The Morgan fingerprint density at radius 2 is 1.58 bits per heavy atom. The van der Waals surface area contributed by atoms with Crippen molar-refractivity contribution in [1.82, 2.24) is 14.8 Å². The van der Waals surface area contributed by atoms with Gasteiger partial charge in [0.25, 0.3) is 0 Å². The van der Waals surface area contributed by atoms with Crippen LogP contribution in [0.1, 0.15) is 11.1 Å². The molecule has 2 saturated heterocycles. The molecule has 1 N–H and O–H groups in total. The zero-order valence-electron chi connectivity index (χ0n) is 16.8. The topological polar surface area (TPSA) is 74.8 Å². The summed E-state index contributed by atoms with van der Waals surface area (Å²) in [5.41, 5.74) is 0.770. The number of fused-ring (bicyclic) bond motifs is 1. The van der Waals surface area contributed by atoms with Crippen molar-refractivity contribution in [2.75, 3.05) is 25.0 Å². The first kappa shape index (κ1) is 19.1. The summed E-state index contributed by atoms with van der Waals surface area (Å²) in [4.78, 5) is 33.5. The van der Waals surface area contributed by atoms with Gasteiger partial charge in [-0.1, -0.05) is 66.7 Å². The van der Waals surface area contributed by atoms with Crippen LogP contribution < -0.4 is 5.32 Å². The minimum absolute atomic E-state index is 0.243. The number of benzene rings is 2. The summed E-state index contributed by atoms with van der Waals surface area (Å²) < 4.78 is 6.13. The van der Waals surface area contributed by atoms with E-state index in [0.29, 0.717) is 25.5 Å². The third kappa shape index (κ3) is 3.28. The molecule has 2 aliphatic heterocycles. The Bertz CT molecular complexity index is 1040. The van der Waals surface area contributed by atoms with Gasteiger partial charge in [-0.25, -0.2) is 14.6 Å². The quantitative estimate of drug-likeness (QED) is 0.709. The number of ether oxygens (including phenoxy) is 1. The van der Waals surface area contributed by atoms with Crippen molar-refractivity contribution >= 4 is 17.9 Å². The Labute approximate surface area is 180 Å². The minimum atomic E-state index is -0.996. The molecule has 156 valence electrons. The van der Waals surface area contributed by atoms with Crippen LogP contribution in [0.2, 0.25) is 0 Å². The van der Waals surface area contributed by atoms with Gasteiger partial charge >= 0.3 is 12.1 Å². The highest BCUT2D eigenvalue weighted by Gasteiger charge is 2.58. The van der Waals surface area contributed by atoms with Crippen LogP contribution in [0.15, 0.2) is 85.1 Å². The summed E-state index contributed by atoms with van der Waals surface area (Å²) in [5.74, 6) is 0.492. The molecule has 2 aliphatic rings. The van der Waals surface area contributed by atoms with Gasteiger partial charge in [0.1, 0.15) is 11.9 Å². The van der Waals surface area contributed by atoms with Gasteiger partial charge in [-0.2, -0.15) is 0 Å². The summed E-state index contributed by atoms with van der Waals surface area (Å²) in [5, 5.41) is 2.84. The second kappa shape index (κ2) is 7.75. The standard InChI is InChI=1S/C24H22N4O3/c29-22(26-21-13-7-8-14-25-21)27-15-16-28-20(17-27)24(31-23(28)30,18-9-3-1-4-10-18)19-11-5-2-6-12-19/h1-14,20H,15-17H2,(H,25,26,29). The maximum Gasteiger partial charge on any atom is 0.411 e. The van der Waals surface area contributed by atoms with Crippen molar-refractivity contribution in [3.05, 3.63) is 96.2 Å². The number of hydrogen-bond acceptors (Lipinski definition) is 4. The molecule has 0 spiro atoms. The molecule has 31 heavy (non-hydrogen) atoms. The zero-order valence-corrected chi connectivity index (χ0v) is 16.8. The highest BCUT2D eigenvalue weighted by molar-refractivity contribution is 5.88. The van der Waals surface area contributed by atoms with E-state index in [4.69, 9.17) is 4.74 Å². The maximum absolute atomic E-state index is 13.0. The Morgan fingerprint density at radius 3 is 2.19 bits per heavy atom. The molecule has 0 saturated carbocycles. The number of carbonyl (C=O) groups is 2. The van der Waals surface area contributed by atoms with Crippen LogP contribution in [0.3, 0.4) is 0 Å². The Hall–Kier alpha value is -3.87. The molecule has 5 rings (SSSR count). The predicted octanol–water partition coefficient (Wildman–Crippen LogP) is 3.69. The molecule has 3 amide bonds. The largest absolute Gasteiger partial charge is 0.431 e. The number of piperazine rings is 1. The van der Waals surface area contributed by atoms with E-state index in [9.17, 15) is 9.59 Å². The van der Waals surface area contributed by atoms with Gasteiger partial charge < -0.3 is 9.64 Å². The predicted molar refractivity (Wildman–Crippen MR) is 115 cm³/mol. The van der Waals surface area contributed by atoms with Crippen molar-refractivity contribution in [3.8, 4) is 0 Å². The fourth-order valence-electron chi connectivity index (χ4n) is 4.46. The van der Waals surface area contributed by atoms with Crippen molar-refractivity contribution in [1.29, 1.82) is 0 Å². The van der Waals surface area contributed by atoms with Crippen molar-refractivity contribution < 1.29 is 14.3 Å². The lowest BCUT2D eigenvalue weighted by atomic mass is 9.79. The fourth-order valence-corrected chi connectivity index (χ4v) is 4.46. The van der Waals surface area contributed by atoms with Crippen LogP contribution >= 0.6 is 0 Å². The Morgan fingerprint density at radius 1 is 0.935 bits per heavy atom. The fraction of sp³-hybridized carbons (Fsp3) is 0.208. The van der Waals surface area contributed by atoms with Gasteiger partial charge in [-0.15, -0.1) is 0 Å². The van der Waals surface area contributed by atoms with Gasteiger partial charge in [0.05, 0.1) is 0 Å². The average molecular weight is 414 g/mol. The van der Waals surface area contributed by atoms with Gasteiger partial charge in [0, 0.05) is 37.0 Å². The molecule has 7 nitrogen and oxygen atoms in total. The molecule has 1 unspecified atom stereocenters. The number of cyclic esters (lactones) is 1. The average Bonchev–Trinajstić information content (AvgIpc) is 3.13. The SMILES string of the molecule is O=C(Nc1ccccn1)N1CCN2C(=O)OC(c3ccccc3)(c3ccccc3)C2C1. The summed E-state index contributed by atoms with van der Waals surface area (Å²) in [7, 11) is 0. The monoisotopic (exact) mass is 414 g/mol. The van der Waals surface area contributed by atoms with Crippen molar-refractivity contribution in [3.63, 3.8) is 0 Å². The number of pyridine rings is 1. The van der Waals surface area contributed by atoms with Crippen LogP contribution in [0.25, 0.3) is 0 Å². The van der Waals surface area contributed by atoms with E-state index in [1.165, 1.54) is 0 Å². The number of anilines is 1. The van der Waals surface area contributed by atoms with Crippen LogP contribution in [-0.2, 0) is 10.3 Å². The summed E-state index contributed by atoms with van der Waals surface area (Å²) in [6, 6.07) is 24.2. The second-order valence-electron chi connectivity index (χ2n) is 7.64. The molecular weight excluding hydrogens is 392 g/mol. The van der Waals surface area contributed by atoms with E-state index < -0.39 is 5.60 Å². The van der Waals surface area contributed by atoms with Crippen molar-refractivity contribution in [2.45, 2.75) is 11.6 Å². The Balaban J connectivity index is 1.51. The third-order valence-electron chi connectivity index (χ3n) is 5.92. The third-order valence-corrected chi connectivity index (χ3v) is 5.92. The molecular formula is C24H22N4O3. The lowest BCUT2D eigenvalue weighted by Gasteiger charge is -2.42. The summed E-state index contributed by atoms with van der Waals surface area (Å²) in [6.07, 6.45) is 1.27. The van der Waals surface area contributed by atoms with E-state index >= 15 is 0 Å². The molecule has 2 fully saturated rings. The number of urea groups is 1. The molecule has 3 aromatic rings. The van der Waals surface area contributed by atoms with E-state index in [1.807, 2.05) is 66.7 Å². The normalized spacial score (nSPS) is 19.5. The number of hydrogen-bond donors (Lipinski definition) is 1. The van der Waals surface area contributed by atoms with E-state index in [-0.39, 0.29) is 18.2 Å². The van der Waals surface area contributed by atoms with Crippen LogP contribution in [0.4, 0.5) is 15.4 Å². The molecule has 0 aliphatic carbocycles. The van der Waals surface area contributed by atoms with Gasteiger partial charge in [0.2, 0.25) is 0 Å². The number of nitrogens with one attached hydrogen (secondary N) is 1. The summed E-state index contributed by atoms with van der Waals surface area (Å²) >= 11 is 0. The van der Waals surface area contributed by atoms with Gasteiger partial charge in [-0.05, 0) is 12.1 Å². The molecule has 0 bridgehead atoms. The van der Waals surface area contributed by atoms with Crippen LogP contribution in [0.5, 0.6) is 0 Å². The van der Waals surface area contributed by atoms with E-state index in [2.05, 4.69) is 10.3 Å². The van der Waals surface area contributed by atoms with Crippen LogP contribution in [0, 0.1) is 0 Å². The number of carbonyl (C=O) groups excluding carboxylic acids is 2. The molecule has 1 atom stereocenters. The lowest BCUT2D eigenvalue weighted by molar-refractivity contribution is 0.0525. The minimum Gasteiger partial charge on any atom is -0.431 e.